The fourth-order valence-electron chi connectivity index (χ4n) is 2.89. The summed E-state index contributed by atoms with van der Waals surface area (Å²) >= 11 is 0. The second-order valence-corrected chi connectivity index (χ2v) is 7.99. The molecular weight excluding hydrogens is 466 g/mol. The molecule has 0 aliphatic heterocycles. The molecule has 0 saturated carbocycles. The zero-order valence-electron chi connectivity index (χ0n) is 19.2. The molecular formula is C21H31N5O9. The smallest absolute Gasteiger partial charge is 0.328 e. The van der Waals surface area contributed by atoms with E-state index in [2.05, 4.69) is 16.0 Å². The van der Waals surface area contributed by atoms with Gasteiger partial charge in [0, 0.05) is 6.42 Å². The van der Waals surface area contributed by atoms with Gasteiger partial charge in [-0.05, 0) is 31.5 Å². The van der Waals surface area contributed by atoms with Crippen LogP contribution in [-0.2, 0) is 30.4 Å². The van der Waals surface area contributed by atoms with Crippen LogP contribution in [0.25, 0.3) is 0 Å². The number of phenols is 1. The molecule has 0 spiro atoms. The van der Waals surface area contributed by atoms with E-state index in [-0.39, 0.29) is 12.2 Å². The quantitative estimate of drug-likeness (QED) is 0.130. The number of carboxylic acids is 1. The number of aromatic hydroxyl groups is 1. The van der Waals surface area contributed by atoms with Crippen molar-refractivity contribution < 1.29 is 44.4 Å². The van der Waals surface area contributed by atoms with E-state index in [0.29, 0.717) is 5.56 Å². The molecule has 0 aromatic heterocycles. The number of carbonyl (C=O) groups is 5. The van der Waals surface area contributed by atoms with Crippen molar-refractivity contribution >= 4 is 29.6 Å². The third-order valence-electron chi connectivity index (χ3n) is 4.92. The van der Waals surface area contributed by atoms with Crippen LogP contribution in [0.3, 0.4) is 0 Å². The number of rotatable bonds is 13. The third-order valence-corrected chi connectivity index (χ3v) is 4.92. The highest BCUT2D eigenvalue weighted by atomic mass is 16.4. The van der Waals surface area contributed by atoms with E-state index >= 15 is 0 Å². The lowest BCUT2D eigenvalue weighted by atomic mass is 10.0. The molecule has 1 rings (SSSR count). The molecule has 0 aliphatic carbocycles. The van der Waals surface area contributed by atoms with Gasteiger partial charge in [0.05, 0.1) is 18.6 Å². The average Bonchev–Trinajstić information content (AvgIpc) is 2.76. The maximum atomic E-state index is 12.9. The maximum absolute atomic E-state index is 12.9. The van der Waals surface area contributed by atoms with Gasteiger partial charge in [-0.1, -0.05) is 12.1 Å². The molecule has 194 valence electrons. The Hall–Kier alpha value is -3.75. The summed E-state index contributed by atoms with van der Waals surface area (Å²) in [6.45, 7) is 2.39. The Bertz CT molecular complexity index is 920. The van der Waals surface area contributed by atoms with Crippen LogP contribution in [0.1, 0.15) is 25.8 Å². The Kier molecular flexibility index (Phi) is 11.1. The Labute approximate surface area is 200 Å². The summed E-state index contributed by atoms with van der Waals surface area (Å²) in [7, 11) is 0. The topological polar surface area (TPSA) is 254 Å². The fraction of sp³-hybridized carbons (Fsp3) is 0.476. The summed E-state index contributed by atoms with van der Waals surface area (Å²) < 4.78 is 0. The van der Waals surface area contributed by atoms with Gasteiger partial charge >= 0.3 is 5.97 Å². The van der Waals surface area contributed by atoms with Gasteiger partial charge in [-0.25, -0.2) is 4.79 Å². The maximum Gasteiger partial charge on any atom is 0.328 e. The molecule has 14 nitrogen and oxygen atoms in total. The Balaban J connectivity index is 3.18. The van der Waals surface area contributed by atoms with E-state index in [1.54, 1.807) is 0 Å². The van der Waals surface area contributed by atoms with Crippen LogP contribution in [0.15, 0.2) is 24.3 Å². The number of amides is 4. The van der Waals surface area contributed by atoms with Gasteiger partial charge in [0.15, 0.2) is 6.04 Å². The minimum absolute atomic E-state index is 0.0579. The number of aliphatic carboxylic acids is 1. The van der Waals surface area contributed by atoms with Crippen LogP contribution in [0.4, 0.5) is 0 Å². The monoisotopic (exact) mass is 497 g/mol. The van der Waals surface area contributed by atoms with Gasteiger partial charge < -0.3 is 47.8 Å². The number of carboxylic acid groups (broad SMARTS) is 1. The number of phenolic OH excluding ortho intramolecular Hbond substituents is 1. The van der Waals surface area contributed by atoms with Gasteiger partial charge in [-0.15, -0.1) is 0 Å². The second kappa shape index (κ2) is 13.2. The van der Waals surface area contributed by atoms with Crippen molar-refractivity contribution in [1.82, 2.24) is 16.0 Å². The molecule has 11 N–H and O–H groups in total. The van der Waals surface area contributed by atoms with Crippen molar-refractivity contribution in [2.45, 2.75) is 63.1 Å². The van der Waals surface area contributed by atoms with Crippen LogP contribution in [-0.4, -0.2) is 86.4 Å². The zero-order valence-corrected chi connectivity index (χ0v) is 19.2. The minimum Gasteiger partial charge on any atom is -0.508 e. The van der Waals surface area contributed by atoms with Crippen LogP contribution in [0.5, 0.6) is 5.75 Å². The number of carbonyl (C=O) groups excluding carboxylic acids is 4. The fourth-order valence-corrected chi connectivity index (χ4v) is 2.89. The van der Waals surface area contributed by atoms with Crippen molar-refractivity contribution in [2.24, 2.45) is 11.5 Å². The van der Waals surface area contributed by atoms with E-state index < -0.39 is 72.4 Å². The molecule has 0 bridgehead atoms. The number of aliphatic hydroxyl groups is 2. The SMILES string of the molecule is CC(O)C(N)C(=O)NC(CC(N)=O)C(=O)NC(Cc1ccc(O)cc1)C(=O)NC(C(=O)O)C(C)O. The molecule has 0 heterocycles. The van der Waals surface area contributed by atoms with Gasteiger partial charge in [-0.3, -0.25) is 19.2 Å². The van der Waals surface area contributed by atoms with Gasteiger partial charge in [0.25, 0.3) is 0 Å². The summed E-state index contributed by atoms with van der Waals surface area (Å²) in [5.74, 6) is -5.49. The van der Waals surface area contributed by atoms with Gasteiger partial charge in [0.1, 0.15) is 23.9 Å². The van der Waals surface area contributed by atoms with Crippen LogP contribution in [0, 0.1) is 0 Å². The first-order valence-electron chi connectivity index (χ1n) is 10.5. The van der Waals surface area contributed by atoms with Crippen LogP contribution in [0.2, 0.25) is 0 Å². The summed E-state index contributed by atoms with van der Waals surface area (Å²) in [6.07, 6.45) is -3.59. The molecule has 6 atom stereocenters. The number of nitrogens with one attached hydrogen (secondary N) is 3. The first kappa shape index (κ1) is 29.3. The lowest BCUT2D eigenvalue weighted by Crippen LogP contribution is -2.59. The highest BCUT2D eigenvalue weighted by Gasteiger charge is 2.33. The molecule has 0 aliphatic rings. The highest BCUT2D eigenvalue weighted by molar-refractivity contribution is 5.96. The van der Waals surface area contributed by atoms with Crippen LogP contribution >= 0.6 is 0 Å². The van der Waals surface area contributed by atoms with Crippen molar-refractivity contribution in [1.29, 1.82) is 0 Å². The van der Waals surface area contributed by atoms with Crippen molar-refractivity contribution in [2.75, 3.05) is 0 Å². The number of benzene rings is 1. The van der Waals surface area contributed by atoms with E-state index in [0.717, 1.165) is 6.92 Å². The van der Waals surface area contributed by atoms with E-state index in [9.17, 15) is 44.4 Å². The number of aliphatic hydroxyl groups excluding tert-OH is 2. The number of nitrogens with two attached hydrogens (primary N) is 2. The molecule has 1 aromatic rings. The Morgan fingerprint density at radius 1 is 0.857 bits per heavy atom. The van der Waals surface area contributed by atoms with Gasteiger partial charge in [-0.2, -0.15) is 0 Å². The molecule has 0 fully saturated rings. The summed E-state index contributed by atoms with van der Waals surface area (Å²) in [4.78, 5) is 60.8. The molecule has 14 heteroatoms. The molecule has 1 aromatic carbocycles. The number of primary amides is 1. The first-order valence-corrected chi connectivity index (χ1v) is 10.5. The van der Waals surface area contributed by atoms with Crippen LogP contribution < -0.4 is 27.4 Å². The van der Waals surface area contributed by atoms with E-state index in [1.807, 2.05) is 0 Å². The molecule has 0 radical (unpaired) electrons. The van der Waals surface area contributed by atoms with Crippen molar-refractivity contribution in [3.63, 3.8) is 0 Å². The van der Waals surface area contributed by atoms with E-state index in [4.69, 9.17) is 11.5 Å². The predicted octanol–water partition coefficient (Wildman–Crippen LogP) is -3.56. The summed E-state index contributed by atoms with van der Waals surface area (Å²) in [5, 5.41) is 44.5. The lowest BCUT2D eigenvalue weighted by Gasteiger charge is -2.26. The number of hydrogen-bond donors (Lipinski definition) is 9. The zero-order chi connectivity index (χ0) is 26.9. The molecule has 6 unspecified atom stereocenters. The summed E-state index contributed by atoms with van der Waals surface area (Å²) in [5.41, 5.74) is 11.2. The van der Waals surface area contributed by atoms with Crippen molar-refractivity contribution in [3.8, 4) is 5.75 Å². The van der Waals surface area contributed by atoms with Crippen molar-refractivity contribution in [3.05, 3.63) is 29.8 Å². The normalized spacial score (nSPS) is 16.0. The Morgan fingerprint density at radius 2 is 1.37 bits per heavy atom. The standard InChI is InChI=1S/C21H31N5O9/c1-9(27)16(23)20(33)25-14(8-15(22)30)18(31)24-13(7-11-3-5-12(29)6-4-11)19(32)26-17(10(2)28)21(34)35/h3-6,9-10,13-14,16-17,27-29H,7-8,23H2,1-2H3,(H2,22,30)(H,24,31)(H,25,33)(H,26,32)(H,34,35). The third kappa shape index (κ3) is 9.56. The second-order valence-electron chi connectivity index (χ2n) is 7.99. The Morgan fingerprint density at radius 3 is 1.83 bits per heavy atom. The lowest BCUT2D eigenvalue weighted by molar-refractivity contribution is -0.145. The highest BCUT2D eigenvalue weighted by Crippen LogP contribution is 2.12. The molecule has 35 heavy (non-hydrogen) atoms. The van der Waals surface area contributed by atoms with E-state index in [1.165, 1.54) is 31.2 Å². The molecule has 4 amide bonds. The number of hydrogen-bond acceptors (Lipinski definition) is 9. The predicted molar refractivity (Wildman–Crippen MR) is 120 cm³/mol. The first-order chi connectivity index (χ1) is 16.2. The largest absolute Gasteiger partial charge is 0.508 e. The minimum atomic E-state index is -1.69. The average molecular weight is 498 g/mol. The molecule has 0 saturated heterocycles. The van der Waals surface area contributed by atoms with Gasteiger partial charge in [0.2, 0.25) is 23.6 Å². The summed E-state index contributed by atoms with van der Waals surface area (Å²) in [6, 6.07) is -0.531.